The molecule has 8 heteroatoms. The number of nitrogens with one attached hydrogen (secondary N) is 2. The molecular weight excluding hydrogens is 388 g/mol. The van der Waals surface area contributed by atoms with E-state index in [-0.39, 0.29) is 5.91 Å². The fourth-order valence-corrected chi connectivity index (χ4v) is 4.14. The van der Waals surface area contributed by atoms with Crippen LogP contribution in [0, 0.1) is 6.92 Å². The molecule has 0 aliphatic rings. The number of amides is 1. The molecule has 0 bridgehead atoms. The van der Waals surface area contributed by atoms with Crippen molar-refractivity contribution in [3.8, 4) is 5.75 Å². The lowest BCUT2D eigenvalue weighted by Gasteiger charge is -2.08. The van der Waals surface area contributed by atoms with E-state index < -0.39 is 0 Å². The molecule has 3 rings (SSSR count). The van der Waals surface area contributed by atoms with Gasteiger partial charge in [0, 0.05) is 26.8 Å². The summed E-state index contributed by atoms with van der Waals surface area (Å²) >= 11 is 1.39. The van der Waals surface area contributed by atoms with Gasteiger partial charge in [0.15, 0.2) is 0 Å². The zero-order valence-electron chi connectivity index (χ0n) is 16.9. The average Bonchev–Trinajstić information content (AvgIpc) is 3.09. The van der Waals surface area contributed by atoms with Crippen LogP contribution in [-0.4, -0.2) is 49.8 Å². The van der Waals surface area contributed by atoms with E-state index in [1.54, 1.807) is 14.2 Å². The van der Waals surface area contributed by atoms with Crippen molar-refractivity contribution in [2.45, 2.75) is 19.8 Å². The van der Waals surface area contributed by atoms with Gasteiger partial charge in [0.25, 0.3) is 5.91 Å². The van der Waals surface area contributed by atoms with Crippen molar-refractivity contribution in [1.29, 1.82) is 0 Å². The molecule has 2 aromatic heterocycles. The molecule has 29 heavy (non-hydrogen) atoms. The van der Waals surface area contributed by atoms with Gasteiger partial charge >= 0.3 is 0 Å². The Hall–Kier alpha value is -2.71. The maximum absolute atomic E-state index is 12.5. The van der Waals surface area contributed by atoms with Crippen molar-refractivity contribution < 1.29 is 14.3 Å². The van der Waals surface area contributed by atoms with Crippen molar-refractivity contribution in [2.24, 2.45) is 0 Å². The van der Waals surface area contributed by atoms with Crippen LogP contribution >= 0.6 is 11.3 Å². The minimum atomic E-state index is -0.0797. The lowest BCUT2D eigenvalue weighted by molar-refractivity contribution is 0.0952. The summed E-state index contributed by atoms with van der Waals surface area (Å²) in [5.41, 5.74) is 2.08. The highest BCUT2D eigenvalue weighted by Crippen LogP contribution is 2.33. The highest BCUT2D eigenvalue weighted by molar-refractivity contribution is 7.20. The number of hydrogen-bond donors (Lipinski definition) is 2. The molecule has 0 aliphatic carbocycles. The van der Waals surface area contributed by atoms with Crippen molar-refractivity contribution >= 4 is 33.3 Å². The number of nitrogens with zero attached hydrogens (tertiary/aromatic N) is 2. The summed E-state index contributed by atoms with van der Waals surface area (Å²) < 4.78 is 10.3. The second kappa shape index (κ2) is 10.2. The number of rotatable bonds is 10. The Bertz CT molecular complexity index is 974. The van der Waals surface area contributed by atoms with E-state index in [0.29, 0.717) is 24.6 Å². The number of carbonyl (C=O) groups is 1. The number of ether oxygens (including phenoxy) is 2. The first-order valence-electron chi connectivity index (χ1n) is 9.52. The van der Waals surface area contributed by atoms with Crippen LogP contribution in [0.2, 0.25) is 0 Å². The number of carbonyl (C=O) groups excluding carboxylic acids is 1. The lowest BCUT2D eigenvalue weighted by Crippen LogP contribution is -2.24. The highest BCUT2D eigenvalue weighted by atomic mass is 32.1. The number of aromatic nitrogens is 2. The fourth-order valence-electron chi connectivity index (χ4n) is 3.07. The van der Waals surface area contributed by atoms with Gasteiger partial charge in [0.1, 0.15) is 22.7 Å². The number of methoxy groups -OCH3 is 2. The van der Waals surface area contributed by atoms with Crippen molar-refractivity contribution in [3.05, 3.63) is 46.6 Å². The van der Waals surface area contributed by atoms with Crippen LogP contribution in [0.25, 0.3) is 10.2 Å². The first-order chi connectivity index (χ1) is 14.1. The lowest BCUT2D eigenvalue weighted by atomic mass is 10.1. The minimum Gasteiger partial charge on any atom is -0.497 e. The van der Waals surface area contributed by atoms with Crippen LogP contribution in [0.15, 0.2) is 30.6 Å². The number of thiophene rings is 1. The second-order valence-corrected chi connectivity index (χ2v) is 7.59. The molecule has 7 nitrogen and oxygen atoms in total. The molecule has 2 N–H and O–H groups in total. The molecule has 0 saturated heterocycles. The summed E-state index contributed by atoms with van der Waals surface area (Å²) in [6.45, 7) is 3.86. The van der Waals surface area contributed by atoms with E-state index in [2.05, 4.69) is 26.7 Å². The summed E-state index contributed by atoms with van der Waals surface area (Å²) in [6.07, 6.45) is 3.15. The van der Waals surface area contributed by atoms with E-state index in [4.69, 9.17) is 9.47 Å². The Labute approximate surface area is 174 Å². The van der Waals surface area contributed by atoms with Gasteiger partial charge in [0.05, 0.1) is 17.4 Å². The molecule has 0 radical (unpaired) electrons. The van der Waals surface area contributed by atoms with E-state index in [0.717, 1.165) is 40.2 Å². The number of anilines is 1. The van der Waals surface area contributed by atoms with Crippen LogP contribution in [0.1, 0.15) is 27.2 Å². The number of aryl methyl sites for hydroxylation is 1. The zero-order chi connectivity index (χ0) is 20.6. The quantitative estimate of drug-likeness (QED) is 0.495. The van der Waals surface area contributed by atoms with Gasteiger partial charge in [-0.05, 0) is 43.0 Å². The molecule has 3 aromatic rings. The van der Waals surface area contributed by atoms with Crippen LogP contribution in [0.5, 0.6) is 5.75 Å². The monoisotopic (exact) mass is 414 g/mol. The summed E-state index contributed by atoms with van der Waals surface area (Å²) in [5.74, 6) is 1.52. The Balaban J connectivity index is 1.70. The predicted molar refractivity (Wildman–Crippen MR) is 116 cm³/mol. The number of benzene rings is 1. The maximum Gasteiger partial charge on any atom is 0.261 e. The first kappa shape index (κ1) is 21.0. The third-order valence-electron chi connectivity index (χ3n) is 4.58. The van der Waals surface area contributed by atoms with Crippen LogP contribution in [0.4, 0.5) is 5.82 Å². The second-order valence-electron chi connectivity index (χ2n) is 6.59. The van der Waals surface area contributed by atoms with Gasteiger partial charge in [-0.15, -0.1) is 11.3 Å². The molecule has 154 valence electrons. The van der Waals surface area contributed by atoms with Crippen molar-refractivity contribution in [3.63, 3.8) is 0 Å². The minimum absolute atomic E-state index is 0.0797. The summed E-state index contributed by atoms with van der Waals surface area (Å²) in [5, 5.41) is 7.24. The third kappa shape index (κ3) is 5.21. The average molecular weight is 415 g/mol. The molecule has 1 amide bonds. The third-order valence-corrected chi connectivity index (χ3v) is 5.78. The number of fused-ring (bicyclic) bond motifs is 1. The molecule has 0 fully saturated rings. The number of hydrogen-bond acceptors (Lipinski definition) is 7. The van der Waals surface area contributed by atoms with Gasteiger partial charge in [-0.2, -0.15) is 0 Å². The molecule has 0 aliphatic heterocycles. The Morgan fingerprint density at radius 3 is 2.86 bits per heavy atom. The predicted octanol–water partition coefficient (Wildman–Crippen LogP) is 3.43. The van der Waals surface area contributed by atoms with Crippen molar-refractivity contribution in [1.82, 2.24) is 15.3 Å². The van der Waals surface area contributed by atoms with Crippen LogP contribution < -0.4 is 15.4 Å². The zero-order valence-corrected chi connectivity index (χ0v) is 17.8. The maximum atomic E-state index is 12.5. The van der Waals surface area contributed by atoms with Gasteiger partial charge in [-0.25, -0.2) is 9.97 Å². The van der Waals surface area contributed by atoms with Gasteiger partial charge < -0.3 is 20.1 Å². The largest absolute Gasteiger partial charge is 0.497 e. The van der Waals surface area contributed by atoms with E-state index >= 15 is 0 Å². The SMILES string of the molecule is COCCCNC(=O)c1sc2ncnc(NCCc3cccc(OC)c3)c2c1C. The smallest absolute Gasteiger partial charge is 0.261 e. The van der Waals surface area contributed by atoms with Crippen LogP contribution in [0.3, 0.4) is 0 Å². The molecule has 0 atom stereocenters. The molecule has 2 heterocycles. The summed E-state index contributed by atoms with van der Waals surface area (Å²) in [4.78, 5) is 22.8. The fraction of sp³-hybridized carbons (Fsp3) is 0.381. The molecular formula is C21H26N4O3S. The molecule has 0 saturated carbocycles. The van der Waals surface area contributed by atoms with Gasteiger partial charge in [0.2, 0.25) is 0 Å². The first-order valence-corrected chi connectivity index (χ1v) is 10.3. The topological polar surface area (TPSA) is 85.4 Å². The van der Waals surface area contributed by atoms with Gasteiger partial charge in [-0.3, -0.25) is 4.79 Å². The van der Waals surface area contributed by atoms with Crippen LogP contribution in [-0.2, 0) is 11.2 Å². The van der Waals surface area contributed by atoms with E-state index in [9.17, 15) is 4.79 Å². The summed E-state index contributed by atoms with van der Waals surface area (Å²) in [6, 6.07) is 8.01. The molecule has 1 aromatic carbocycles. The van der Waals surface area contributed by atoms with E-state index in [1.165, 1.54) is 23.2 Å². The van der Waals surface area contributed by atoms with Crippen molar-refractivity contribution in [2.75, 3.05) is 39.2 Å². The normalized spacial score (nSPS) is 10.9. The molecule has 0 unspecified atom stereocenters. The van der Waals surface area contributed by atoms with E-state index in [1.807, 2.05) is 25.1 Å². The Morgan fingerprint density at radius 2 is 2.07 bits per heavy atom. The Morgan fingerprint density at radius 1 is 1.21 bits per heavy atom. The highest BCUT2D eigenvalue weighted by Gasteiger charge is 2.19. The Kier molecular flexibility index (Phi) is 7.37. The standard InChI is InChI=1S/C21H26N4O3S/c1-14-17-19(22-10-8-15-6-4-7-16(12-15)28-3)24-13-25-21(17)29-18(14)20(26)23-9-5-11-27-2/h4,6-7,12-13H,5,8-11H2,1-3H3,(H,23,26)(H,22,24,25). The summed E-state index contributed by atoms with van der Waals surface area (Å²) in [7, 11) is 3.32. The molecule has 0 spiro atoms. The van der Waals surface area contributed by atoms with Gasteiger partial charge in [-0.1, -0.05) is 12.1 Å².